The summed E-state index contributed by atoms with van der Waals surface area (Å²) in [6.07, 6.45) is 17.4. The van der Waals surface area contributed by atoms with Crippen molar-refractivity contribution in [3.63, 3.8) is 0 Å². The lowest BCUT2D eigenvalue weighted by molar-refractivity contribution is 0.152. The number of nitriles is 1. The van der Waals surface area contributed by atoms with Gasteiger partial charge in [0.25, 0.3) is 0 Å². The van der Waals surface area contributed by atoms with Crippen LogP contribution in [0.3, 0.4) is 0 Å². The van der Waals surface area contributed by atoms with E-state index in [1.807, 2.05) is 0 Å². The summed E-state index contributed by atoms with van der Waals surface area (Å²) in [7, 11) is 0. The van der Waals surface area contributed by atoms with Crippen LogP contribution in [0.4, 0.5) is 4.39 Å². The Kier molecular flexibility index (Phi) is 7.27. The summed E-state index contributed by atoms with van der Waals surface area (Å²) in [5, 5.41) is 8.98. The van der Waals surface area contributed by atoms with Crippen molar-refractivity contribution in [2.45, 2.75) is 77.0 Å². The Hall–Kier alpha value is -0.840. The zero-order valence-electron chi connectivity index (χ0n) is 13.3. The monoisotopic (exact) mass is 291 g/mol. The molecule has 0 aromatic heterocycles. The Bertz CT molecular complexity index is 341. The minimum atomic E-state index is 0.343. The maximum absolute atomic E-state index is 11.8. The Balaban J connectivity index is 1.59. The van der Waals surface area contributed by atoms with E-state index in [9.17, 15) is 4.39 Å². The van der Waals surface area contributed by atoms with Gasteiger partial charge >= 0.3 is 0 Å². The first-order chi connectivity index (χ1) is 10.3. The van der Waals surface area contributed by atoms with Crippen LogP contribution >= 0.6 is 0 Å². The predicted octanol–water partition coefficient (Wildman–Crippen LogP) is 6.17. The number of hydrogen-bond acceptors (Lipinski definition) is 1. The van der Waals surface area contributed by atoms with E-state index in [2.05, 4.69) is 6.07 Å². The van der Waals surface area contributed by atoms with E-state index >= 15 is 0 Å². The summed E-state index contributed by atoms with van der Waals surface area (Å²) in [6.45, 7) is 0. The molecular weight excluding hydrogens is 261 g/mol. The molecule has 2 rings (SSSR count). The van der Waals surface area contributed by atoms with E-state index in [0.29, 0.717) is 12.2 Å². The quantitative estimate of drug-likeness (QED) is 0.537. The average Bonchev–Trinajstić information content (AvgIpc) is 2.55. The first-order valence-electron chi connectivity index (χ1n) is 8.98. The van der Waals surface area contributed by atoms with Crippen molar-refractivity contribution in [2.75, 3.05) is 0 Å². The SMILES string of the molecule is N#C[C@H]1CC[C@H]([C@H]2CC[C@H](CCCCC=CF)CC2)CC1. The van der Waals surface area contributed by atoms with Gasteiger partial charge in [0.05, 0.1) is 12.4 Å². The van der Waals surface area contributed by atoms with Crippen LogP contribution in [0.25, 0.3) is 0 Å². The molecule has 2 saturated carbocycles. The largest absolute Gasteiger partial charge is 0.216 e. The smallest absolute Gasteiger partial charge is 0.0827 e. The first kappa shape index (κ1) is 16.5. The lowest BCUT2D eigenvalue weighted by Crippen LogP contribution is -2.25. The fourth-order valence-corrected chi connectivity index (χ4v) is 4.43. The fourth-order valence-electron chi connectivity index (χ4n) is 4.43. The highest BCUT2D eigenvalue weighted by atomic mass is 19.1. The standard InChI is InChI=1S/C19H30FN/c20-14-4-2-1-3-5-16-6-10-18(11-7-16)19-12-8-17(15-21)9-13-19/h4,14,16-19H,1-3,5-13H2/t16-,17-,18-,19-. The molecule has 21 heavy (non-hydrogen) atoms. The van der Waals surface area contributed by atoms with Gasteiger partial charge in [-0.3, -0.25) is 0 Å². The van der Waals surface area contributed by atoms with Crippen molar-refractivity contribution in [1.29, 1.82) is 5.26 Å². The molecule has 0 unspecified atom stereocenters. The molecule has 0 radical (unpaired) electrons. The zero-order chi connectivity index (χ0) is 14.9. The second kappa shape index (κ2) is 9.23. The summed E-state index contributed by atoms with van der Waals surface area (Å²) in [6, 6.07) is 2.44. The van der Waals surface area contributed by atoms with Crippen molar-refractivity contribution in [1.82, 2.24) is 0 Å². The van der Waals surface area contributed by atoms with Crippen LogP contribution in [0.1, 0.15) is 77.0 Å². The van der Waals surface area contributed by atoms with Crippen LogP contribution in [0, 0.1) is 35.0 Å². The van der Waals surface area contributed by atoms with Gasteiger partial charge in [0, 0.05) is 5.92 Å². The van der Waals surface area contributed by atoms with Gasteiger partial charge < -0.3 is 0 Å². The van der Waals surface area contributed by atoms with E-state index in [-0.39, 0.29) is 0 Å². The average molecular weight is 291 g/mol. The van der Waals surface area contributed by atoms with Crippen molar-refractivity contribution < 1.29 is 4.39 Å². The molecule has 0 atom stereocenters. The van der Waals surface area contributed by atoms with Gasteiger partial charge in [-0.2, -0.15) is 5.26 Å². The Morgan fingerprint density at radius 3 is 2.10 bits per heavy atom. The Morgan fingerprint density at radius 2 is 1.52 bits per heavy atom. The van der Waals surface area contributed by atoms with E-state index in [1.165, 1.54) is 51.4 Å². The molecule has 0 spiro atoms. The van der Waals surface area contributed by atoms with E-state index in [0.717, 1.165) is 43.4 Å². The lowest BCUT2D eigenvalue weighted by atomic mass is 9.69. The van der Waals surface area contributed by atoms with Crippen molar-refractivity contribution in [3.05, 3.63) is 12.4 Å². The van der Waals surface area contributed by atoms with Gasteiger partial charge in [0.1, 0.15) is 0 Å². The summed E-state index contributed by atoms with van der Waals surface area (Å²) < 4.78 is 11.8. The molecule has 0 bridgehead atoms. The summed E-state index contributed by atoms with van der Waals surface area (Å²) in [5.74, 6) is 3.11. The molecule has 0 aromatic rings. The molecule has 2 aliphatic carbocycles. The maximum atomic E-state index is 11.8. The third kappa shape index (κ3) is 5.46. The number of rotatable bonds is 6. The van der Waals surface area contributed by atoms with Crippen molar-refractivity contribution in [2.24, 2.45) is 23.7 Å². The maximum Gasteiger partial charge on any atom is 0.0827 e. The Morgan fingerprint density at radius 1 is 0.905 bits per heavy atom. The van der Waals surface area contributed by atoms with Gasteiger partial charge in [0.2, 0.25) is 0 Å². The second-order valence-electron chi connectivity index (χ2n) is 7.17. The summed E-state index contributed by atoms with van der Waals surface area (Å²) in [4.78, 5) is 0. The zero-order valence-corrected chi connectivity index (χ0v) is 13.3. The van der Waals surface area contributed by atoms with Crippen molar-refractivity contribution in [3.8, 4) is 6.07 Å². The van der Waals surface area contributed by atoms with Crippen LogP contribution in [0.5, 0.6) is 0 Å². The highest BCUT2D eigenvalue weighted by Crippen LogP contribution is 2.42. The minimum absolute atomic E-state index is 0.343. The molecule has 0 saturated heterocycles. The molecule has 0 aliphatic heterocycles. The fraction of sp³-hybridized carbons (Fsp3) is 0.842. The predicted molar refractivity (Wildman–Crippen MR) is 85.2 cm³/mol. The third-order valence-electron chi connectivity index (χ3n) is 5.83. The molecule has 0 aromatic carbocycles. The van der Waals surface area contributed by atoms with Crippen LogP contribution in [-0.4, -0.2) is 0 Å². The number of nitrogens with zero attached hydrogens (tertiary/aromatic N) is 1. The topological polar surface area (TPSA) is 23.8 Å². The highest BCUT2D eigenvalue weighted by molar-refractivity contribution is 4.89. The first-order valence-corrected chi connectivity index (χ1v) is 8.98. The number of unbranched alkanes of at least 4 members (excludes halogenated alkanes) is 2. The number of allylic oxidation sites excluding steroid dienone is 1. The molecule has 0 amide bonds. The minimum Gasteiger partial charge on any atom is -0.216 e. The normalized spacial score (nSPS) is 33.9. The summed E-state index contributed by atoms with van der Waals surface area (Å²) in [5.41, 5.74) is 0. The van der Waals surface area contributed by atoms with Crippen LogP contribution in [-0.2, 0) is 0 Å². The molecule has 0 N–H and O–H groups in total. The molecule has 2 aliphatic rings. The van der Waals surface area contributed by atoms with Gasteiger partial charge in [-0.15, -0.1) is 0 Å². The number of hydrogen-bond donors (Lipinski definition) is 0. The van der Waals surface area contributed by atoms with Gasteiger partial charge in [0.15, 0.2) is 0 Å². The summed E-state index contributed by atoms with van der Waals surface area (Å²) >= 11 is 0. The second-order valence-corrected chi connectivity index (χ2v) is 7.17. The lowest BCUT2D eigenvalue weighted by Gasteiger charge is -2.36. The molecule has 2 fully saturated rings. The highest BCUT2D eigenvalue weighted by Gasteiger charge is 2.30. The van der Waals surface area contributed by atoms with Crippen LogP contribution < -0.4 is 0 Å². The van der Waals surface area contributed by atoms with E-state index in [4.69, 9.17) is 5.26 Å². The number of halogens is 1. The van der Waals surface area contributed by atoms with E-state index < -0.39 is 0 Å². The Labute approximate surface area is 129 Å². The van der Waals surface area contributed by atoms with Crippen LogP contribution in [0.15, 0.2) is 12.4 Å². The molecule has 118 valence electrons. The molecule has 1 nitrogen and oxygen atoms in total. The van der Waals surface area contributed by atoms with Gasteiger partial charge in [-0.25, -0.2) is 4.39 Å². The van der Waals surface area contributed by atoms with Crippen molar-refractivity contribution >= 4 is 0 Å². The van der Waals surface area contributed by atoms with Crippen LogP contribution in [0.2, 0.25) is 0 Å². The third-order valence-corrected chi connectivity index (χ3v) is 5.83. The molecular formula is C19H30FN. The van der Waals surface area contributed by atoms with Gasteiger partial charge in [-0.05, 0) is 69.1 Å². The molecule has 0 heterocycles. The van der Waals surface area contributed by atoms with Gasteiger partial charge in [-0.1, -0.05) is 31.8 Å². The molecule has 2 heteroatoms. The van der Waals surface area contributed by atoms with E-state index in [1.54, 1.807) is 6.08 Å².